The Hall–Kier alpha value is -1.38. The van der Waals surface area contributed by atoms with Gasteiger partial charge in [-0.15, -0.1) is 12.4 Å². The van der Waals surface area contributed by atoms with Gasteiger partial charge >= 0.3 is 0 Å². The van der Waals surface area contributed by atoms with Gasteiger partial charge in [-0.1, -0.05) is 13.8 Å². The van der Waals surface area contributed by atoms with E-state index in [9.17, 15) is 17.6 Å². The van der Waals surface area contributed by atoms with Gasteiger partial charge in [-0.2, -0.15) is 0 Å². The smallest absolute Gasteiger partial charge is 0.255 e. The number of halogens is 2. The van der Waals surface area contributed by atoms with Crippen molar-refractivity contribution in [1.29, 1.82) is 0 Å². The number of rotatable bonds is 6. The fourth-order valence-electron chi connectivity index (χ4n) is 1.97. The quantitative estimate of drug-likeness (QED) is 0.800. The Kier molecular flexibility index (Phi) is 7.46. The fraction of sp³-hybridized carbons (Fsp3) is 0.500. The lowest BCUT2D eigenvalue weighted by Gasteiger charge is -2.29. The summed E-state index contributed by atoms with van der Waals surface area (Å²) in [7, 11) is -2.01. The van der Waals surface area contributed by atoms with Crippen molar-refractivity contribution in [2.45, 2.75) is 13.8 Å². The minimum Gasteiger partial charge on any atom is -0.341 e. The summed E-state index contributed by atoms with van der Waals surface area (Å²) in [6.07, 6.45) is 0.964. The van der Waals surface area contributed by atoms with Gasteiger partial charge in [-0.3, -0.25) is 9.52 Å². The van der Waals surface area contributed by atoms with Gasteiger partial charge in [-0.05, 0) is 30.2 Å². The van der Waals surface area contributed by atoms with Gasteiger partial charge in [0.05, 0.1) is 17.5 Å². The SMILES string of the molecule is CN(CC(C)(C)CN)C(=O)c1cc(F)ccc1NS(C)(=O)=O.Cl. The molecule has 0 saturated heterocycles. The van der Waals surface area contributed by atoms with E-state index in [1.165, 1.54) is 11.0 Å². The van der Waals surface area contributed by atoms with Gasteiger partial charge in [0.1, 0.15) is 5.82 Å². The van der Waals surface area contributed by atoms with Crippen LogP contribution in [0, 0.1) is 11.2 Å². The van der Waals surface area contributed by atoms with Crippen molar-refractivity contribution in [2.75, 3.05) is 31.1 Å². The molecule has 1 amide bonds. The average Bonchev–Trinajstić information content (AvgIpc) is 2.38. The molecule has 0 atom stereocenters. The molecule has 1 aromatic carbocycles. The van der Waals surface area contributed by atoms with Crippen LogP contribution >= 0.6 is 12.4 Å². The number of carbonyl (C=O) groups excluding carboxylic acids is 1. The van der Waals surface area contributed by atoms with Crippen LogP contribution in [0.3, 0.4) is 0 Å². The van der Waals surface area contributed by atoms with Gasteiger partial charge in [-0.25, -0.2) is 12.8 Å². The van der Waals surface area contributed by atoms with Crippen LogP contribution in [0.25, 0.3) is 0 Å². The molecule has 132 valence electrons. The average molecular weight is 368 g/mol. The molecule has 0 aromatic heterocycles. The third-order valence-electron chi connectivity index (χ3n) is 3.07. The first-order valence-electron chi connectivity index (χ1n) is 6.68. The first-order chi connectivity index (χ1) is 9.95. The second-order valence-electron chi connectivity index (χ2n) is 6.09. The fourth-order valence-corrected chi connectivity index (χ4v) is 2.54. The summed E-state index contributed by atoms with van der Waals surface area (Å²) in [6.45, 7) is 4.54. The van der Waals surface area contributed by atoms with Gasteiger partial charge in [0.25, 0.3) is 5.91 Å². The molecule has 1 aromatic rings. The van der Waals surface area contributed by atoms with E-state index in [4.69, 9.17) is 5.73 Å². The van der Waals surface area contributed by atoms with Crippen LogP contribution in [0.2, 0.25) is 0 Å². The minimum absolute atomic E-state index is 0. The summed E-state index contributed by atoms with van der Waals surface area (Å²) in [4.78, 5) is 13.9. The van der Waals surface area contributed by atoms with Gasteiger partial charge in [0.2, 0.25) is 10.0 Å². The molecular formula is C14H23ClFN3O3S. The Bertz CT molecular complexity index is 665. The van der Waals surface area contributed by atoms with Gasteiger partial charge < -0.3 is 10.6 Å². The largest absolute Gasteiger partial charge is 0.341 e. The Morgan fingerprint density at radius 3 is 2.43 bits per heavy atom. The summed E-state index contributed by atoms with van der Waals surface area (Å²) < 4.78 is 38.4. The molecule has 23 heavy (non-hydrogen) atoms. The maximum atomic E-state index is 13.4. The Morgan fingerprint density at radius 2 is 1.96 bits per heavy atom. The summed E-state index contributed by atoms with van der Waals surface area (Å²) in [5.41, 5.74) is 5.34. The molecule has 0 bridgehead atoms. The van der Waals surface area contributed by atoms with Crippen molar-refractivity contribution < 1.29 is 17.6 Å². The molecule has 0 spiro atoms. The molecule has 0 aliphatic rings. The van der Waals surface area contributed by atoms with E-state index in [0.29, 0.717) is 13.1 Å². The summed E-state index contributed by atoms with van der Waals surface area (Å²) in [5.74, 6) is -1.10. The number of benzene rings is 1. The number of hydrogen-bond acceptors (Lipinski definition) is 4. The lowest BCUT2D eigenvalue weighted by Crippen LogP contribution is -2.40. The maximum absolute atomic E-state index is 13.4. The molecule has 0 unspecified atom stereocenters. The Labute approximate surface area is 142 Å². The van der Waals surface area contributed by atoms with E-state index in [1.807, 2.05) is 13.8 Å². The Morgan fingerprint density at radius 1 is 1.39 bits per heavy atom. The van der Waals surface area contributed by atoms with Crippen LogP contribution in [-0.2, 0) is 10.0 Å². The first kappa shape index (κ1) is 21.6. The van der Waals surface area contributed by atoms with Gasteiger partial charge in [0.15, 0.2) is 0 Å². The van der Waals surface area contributed by atoms with Crippen LogP contribution in [0.1, 0.15) is 24.2 Å². The molecule has 1 rings (SSSR count). The van der Waals surface area contributed by atoms with Crippen molar-refractivity contribution >= 4 is 34.0 Å². The van der Waals surface area contributed by atoms with Crippen molar-refractivity contribution in [3.05, 3.63) is 29.6 Å². The molecule has 0 aliphatic carbocycles. The first-order valence-corrected chi connectivity index (χ1v) is 8.57. The van der Waals surface area contributed by atoms with E-state index in [2.05, 4.69) is 4.72 Å². The van der Waals surface area contributed by atoms with E-state index in [-0.39, 0.29) is 29.1 Å². The predicted molar refractivity (Wildman–Crippen MR) is 91.9 cm³/mol. The number of nitrogens with one attached hydrogen (secondary N) is 1. The molecule has 3 N–H and O–H groups in total. The molecule has 9 heteroatoms. The topological polar surface area (TPSA) is 92.5 Å². The van der Waals surface area contributed by atoms with Crippen LogP contribution in [0.5, 0.6) is 0 Å². The van der Waals surface area contributed by atoms with Crippen LogP contribution in [0.4, 0.5) is 10.1 Å². The van der Waals surface area contributed by atoms with E-state index in [0.717, 1.165) is 18.4 Å². The zero-order valence-electron chi connectivity index (χ0n) is 13.6. The zero-order valence-corrected chi connectivity index (χ0v) is 15.2. The summed E-state index contributed by atoms with van der Waals surface area (Å²) in [6, 6.07) is 3.33. The third-order valence-corrected chi connectivity index (χ3v) is 3.66. The highest BCUT2D eigenvalue weighted by Gasteiger charge is 2.24. The lowest BCUT2D eigenvalue weighted by atomic mass is 9.93. The number of nitrogens with two attached hydrogens (primary N) is 1. The standard InChI is InChI=1S/C14H22FN3O3S.ClH/c1-14(2,8-16)9-18(3)13(19)11-7-10(15)5-6-12(11)17-22(4,20)21;/h5-7,17H,8-9,16H2,1-4H3;1H. The minimum atomic E-state index is -3.57. The highest BCUT2D eigenvalue weighted by atomic mass is 35.5. The van der Waals surface area contributed by atoms with E-state index >= 15 is 0 Å². The van der Waals surface area contributed by atoms with Crippen molar-refractivity contribution in [2.24, 2.45) is 11.1 Å². The van der Waals surface area contributed by atoms with E-state index < -0.39 is 21.7 Å². The number of amides is 1. The van der Waals surface area contributed by atoms with Crippen molar-refractivity contribution in [3.63, 3.8) is 0 Å². The van der Waals surface area contributed by atoms with E-state index in [1.54, 1.807) is 7.05 Å². The van der Waals surface area contributed by atoms with Crippen LogP contribution in [-0.4, -0.2) is 45.6 Å². The number of carbonyl (C=O) groups is 1. The number of hydrogen-bond donors (Lipinski definition) is 2. The van der Waals surface area contributed by atoms with Crippen molar-refractivity contribution in [1.82, 2.24) is 4.90 Å². The molecule has 0 fully saturated rings. The van der Waals surface area contributed by atoms with Crippen molar-refractivity contribution in [3.8, 4) is 0 Å². The normalized spacial score (nSPS) is 11.6. The monoisotopic (exact) mass is 367 g/mol. The third kappa shape index (κ3) is 6.72. The molecule has 0 saturated carbocycles. The highest BCUT2D eigenvalue weighted by Crippen LogP contribution is 2.22. The summed E-state index contributed by atoms with van der Waals surface area (Å²) in [5, 5.41) is 0. The molecule has 6 nitrogen and oxygen atoms in total. The van der Waals surface area contributed by atoms with Gasteiger partial charge in [0, 0.05) is 13.6 Å². The Balaban J connectivity index is 0.00000484. The summed E-state index contributed by atoms with van der Waals surface area (Å²) >= 11 is 0. The van der Waals surface area contributed by atoms with Crippen LogP contribution in [0.15, 0.2) is 18.2 Å². The van der Waals surface area contributed by atoms with Crippen LogP contribution < -0.4 is 10.5 Å². The molecule has 0 heterocycles. The number of sulfonamides is 1. The maximum Gasteiger partial charge on any atom is 0.255 e. The predicted octanol–water partition coefficient (Wildman–Crippen LogP) is 1.68. The lowest BCUT2D eigenvalue weighted by molar-refractivity contribution is 0.0741. The second kappa shape index (κ2) is 7.94. The highest BCUT2D eigenvalue weighted by molar-refractivity contribution is 7.92. The molecule has 0 radical (unpaired) electrons. The second-order valence-corrected chi connectivity index (χ2v) is 7.84. The number of anilines is 1. The zero-order chi connectivity index (χ0) is 17.1. The molecule has 0 aliphatic heterocycles. The number of nitrogens with zero attached hydrogens (tertiary/aromatic N) is 1. The molecular weight excluding hydrogens is 345 g/mol.